The maximum absolute atomic E-state index is 13.1. The Morgan fingerprint density at radius 3 is 2.53 bits per heavy atom. The van der Waals surface area contributed by atoms with Crippen LogP contribution in [-0.2, 0) is 15.0 Å². The van der Waals surface area contributed by atoms with Crippen molar-refractivity contribution in [3.8, 4) is 5.82 Å². The molecule has 3 aromatic rings. The maximum Gasteiger partial charge on any atom is 0.230 e. The molecule has 4 rings (SSSR count). The van der Waals surface area contributed by atoms with E-state index < -0.39 is 5.92 Å². The molecule has 1 fully saturated rings. The van der Waals surface area contributed by atoms with Crippen LogP contribution in [0.15, 0.2) is 59.6 Å². The molecule has 0 radical (unpaired) electrons. The molecule has 1 aliphatic rings. The fraction of sp³-hybridized carbons (Fsp3) is 0.333. The van der Waals surface area contributed by atoms with Crippen LogP contribution in [0.2, 0.25) is 0 Å². The molecule has 0 saturated carbocycles. The number of benzene rings is 1. The molecular weight excluding hydrogens is 422 g/mol. The number of pyridine rings is 1. The highest BCUT2D eigenvalue weighted by molar-refractivity contribution is 7.98. The summed E-state index contributed by atoms with van der Waals surface area (Å²) in [6, 6.07) is 15.3. The molecule has 166 valence electrons. The van der Waals surface area contributed by atoms with Crippen LogP contribution in [-0.4, -0.2) is 39.4 Å². The molecule has 8 heteroatoms. The molecule has 0 bridgehead atoms. The molecule has 32 heavy (non-hydrogen) atoms. The van der Waals surface area contributed by atoms with Gasteiger partial charge in [-0.25, -0.2) is 4.98 Å². The number of rotatable bonds is 5. The molecule has 2 aromatic heterocycles. The number of amides is 2. The Labute approximate surface area is 192 Å². The Balaban J connectivity index is 1.55. The lowest BCUT2D eigenvalue weighted by molar-refractivity contribution is -0.122. The van der Waals surface area contributed by atoms with Gasteiger partial charge in [-0.05, 0) is 42.7 Å². The van der Waals surface area contributed by atoms with Gasteiger partial charge in [0.1, 0.15) is 5.82 Å². The molecule has 1 atom stereocenters. The van der Waals surface area contributed by atoms with E-state index in [1.165, 1.54) is 0 Å². The monoisotopic (exact) mass is 449 g/mol. The molecule has 1 aliphatic heterocycles. The van der Waals surface area contributed by atoms with Gasteiger partial charge in [0.25, 0.3) is 0 Å². The zero-order valence-corrected chi connectivity index (χ0v) is 19.5. The number of nitrogens with zero attached hydrogens (tertiary/aromatic N) is 4. The zero-order valence-electron chi connectivity index (χ0n) is 18.7. The third-order valence-electron chi connectivity index (χ3n) is 5.48. The summed E-state index contributed by atoms with van der Waals surface area (Å²) in [5.74, 6) is 0.493. The van der Waals surface area contributed by atoms with Crippen LogP contribution in [0.5, 0.6) is 0 Å². The van der Waals surface area contributed by atoms with Crippen LogP contribution in [0.1, 0.15) is 32.9 Å². The number of anilines is 2. The first-order valence-corrected chi connectivity index (χ1v) is 11.8. The second kappa shape index (κ2) is 8.78. The maximum atomic E-state index is 13.1. The predicted molar refractivity (Wildman–Crippen MR) is 127 cm³/mol. The van der Waals surface area contributed by atoms with E-state index >= 15 is 0 Å². The van der Waals surface area contributed by atoms with E-state index in [2.05, 4.69) is 36.2 Å². The summed E-state index contributed by atoms with van der Waals surface area (Å²) in [4.78, 5) is 32.9. The molecule has 3 heterocycles. The predicted octanol–water partition coefficient (Wildman–Crippen LogP) is 4.28. The van der Waals surface area contributed by atoms with Crippen molar-refractivity contribution < 1.29 is 9.59 Å². The zero-order chi connectivity index (χ0) is 22.9. The number of hydrogen-bond acceptors (Lipinski definition) is 5. The second-order valence-corrected chi connectivity index (χ2v) is 9.74. The van der Waals surface area contributed by atoms with Gasteiger partial charge in [0, 0.05) is 41.2 Å². The molecule has 1 aromatic carbocycles. The number of aromatic nitrogens is 3. The van der Waals surface area contributed by atoms with Gasteiger partial charge in [-0.15, -0.1) is 11.8 Å². The average molecular weight is 450 g/mol. The number of carbonyl (C=O) groups excluding carboxylic acids is 2. The van der Waals surface area contributed by atoms with Crippen LogP contribution in [0, 0.1) is 5.92 Å². The summed E-state index contributed by atoms with van der Waals surface area (Å²) in [5.41, 5.74) is 1.47. The number of thioether (sulfide) groups is 1. The van der Waals surface area contributed by atoms with E-state index in [1.54, 1.807) is 27.5 Å². The van der Waals surface area contributed by atoms with Gasteiger partial charge in [0.2, 0.25) is 11.8 Å². The third kappa shape index (κ3) is 4.55. The fourth-order valence-corrected chi connectivity index (χ4v) is 4.02. The van der Waals surface area contributed by atoms with Crippen LogP contribution in [0.3, 0.4) is 0 Å². The van der Waals surface area contributed by atoms with Crippen molar-refractivity contribution in [1.29, 1.82) is 0 Å². The largest absolute Gasteiger partial charge is 0.312 e. The van der Waals surface area contributed by atoms with E-state index in [9.17, 15) is 9.59 Å². The lowest BCUT2D eigenvalue weighted by atomic mass is 9.92. The van der Waals surface area contributed by atoms with Gasteiger partial charge in [-0.1, -0.05) is 26.8 Å². The van der Waals surface area contributed by atoms with Crippen molar-refractivity contribution in [2.75, 3.05) is 23.0 Å². The van der Waals surface area contributed by atoms with Crippen molar-refractivity contribution >= 4 is 35.1 Å². The normalized spacial score (nSPS) is 16.4. The lowest BCUT2D eigenvalue weighted by Crippen LogP contribution is -2.28. The summed E-state index contributed by atoms with van der Waals surface area (Å²) < 4.78 is 1.65. The van der Waals surface area contributed by atoms with E-state index in [0.717, 1.165) is 16.3 Å². The minimum absolute atomic E-state index is 0.0457. The van der Waals surface area contributed by atoms with E-state index in [1.807, 2.05) is 54.8 Å². The van der Waals surface area contributed by atoms with Crippen molar-refractivity contribution in [3.63, 3.8) is 0 Å². The fourth-order valence-electron chi connectivity index (χ4n) is 3.61. The standard InChI is InChI=1S/C24H27N5O2S/c1-24(2,3)19-14-21(29(27-19)20-7-5-6-12-25-20)26-23(31)16-13-22(30)28(15-16)17-8-10-18(32-4)11-9-17/h5-12,14,16H,13,15H2,1-4H3,(H,26,31). The summed E-state index contributed by atoms with van der Waals surface area (Å²) in [6.07, 6.45) is 3.88. The number of carbonyl (C=O) groups is 2. The SMILES string of the molecule is CSc1ccc(N2CC(C(=O)Nc3cc(C(C)(C)C)nn3-c3ccccn3)CC2=O)cc1. The van der Waals surface area contributed by atoms with Crippen LogP contribution in [0.25, 0.3) is 5.82 Å². The minimum Gasteiger partial charge on any atom is -0.312 e. The topological polar surface area (TPSA) is 80.1 Å². The van der Waals surface area contributed by atoms with Crippen molar-refractivity contribution in [2.24, 2.45) is 5.92 Å². The quantitative estimate of drug-likeness (QED) is 0.588. The highest BCUT2D eigenvalue weighted by atomic mass is 32.2. The molecule has 2 amide bonds. The summed E-state index contributed by atoms with van der Waals surface area (Å²) in [6.45, 7) is 6.56. The Morgan fingerprint density at radius 2 is 1.91 bits per heavy atom. The Kier molecular flexibility index (Phi) is 6.06. The Hall–Kier alpha value is -3.13. The van der Waals surface area contributed by atoms with Gasteiger partial charge in [0.15, 0.2) is 5.82 Å². The molecule has 1 unspecified atom stereocenters. The summed E-state index contributed by atoms with van der Waals surface area (Å²) >= 11 is 1.65. The minimum atomic E-state index is -0.437. The van der Waals surface area contributed by atoms with Crippen molar-refractivity contribution in [3.05, 3.63) is 60.4 Å². The summed E-state index contributed by atoms with van der Waals surface area (Å²) in [7, 11) is 0. The van der Waals surface area contributed by atoms with Crippen molar-refractivity contribution in [1.82, 2.24) is 14.8 Å². The highest BCUT2D eigenvalue weighted by Crippen LogP contribution is 2.29. The van der Waals surface area contributed by atoms with Gasteiger partial charge in [-0.3, -0.25) is 9.59 Å². The number of hydrogen-bond donors (Lipinski definition) is 1. The smallest absolute Gasteiger partial charge is 0.230 e. The Morgan fingerprint density at radius 1 is 1.16 bits per heavy atom. The third-order valence-corrected chi connectivity index (χ3v) is 6.22. The first kappa shape index (κ1) is 22.1. The van der Waals surface area contributed by atoms with Gasteiger partial charge in [-0.2, -0.15) is 9.78 Å². The molecule has 0 aliphatic carbocycles. The van der Waals surface area contributed by atoms with Crippen LogP contribution in [0.4, 0.5) is 11.5 Å². The molecule has 1 N–H and O–H groups in total. The van der Waals surface area contributed by atoms with E-state index in [0.29, 0.717) is 18.2 Å². The highest BCUT2D eigenvalue weighted by Gasteiger charge is 2.36. The first-order valence-electron chi connectivity index (χ1n) is 10.5. The van der Waals surface area contributed by atoms with Crippen LogP contribution < -0.4 is 10.2 Å². The van der Waals surface area contributed by atoms with E-state index in [4.69, 9.17) is 0 Å². The molecule has 0 spiro atoms. The average Bonchev–Trinajstić information content (AvgIpc) is 3.38. The van der Waals surface area contributed by atoms with Gasteiger partial charge >= 0.3 is 0 Å². The van der Waals surface area contributed by atoms with Crippen molar-refractivity contribution in [2.45, 2.75) is 37.5 Å². The summed E-state index contributed by atoms with van der Waals surface area (Å²) in [5, 5.41) is 7.68. The molecule has 7 nitrogen and oxygen atoms in total. The Bertz CT molecular complexity index is 1120. The number of nitrogens with one attached hydrogen (secondary N) is 1. The lowest BCUT2D eigenvalue weighted by Gasteiger charge is -2.17. The van der Waals surface area contributed by atoms with Crippen LogP contribution >= 0.6 is 11.8 Å². The van der Waals surface area contributed by atoms with Gasteiger partial charge < -0.3 is 10.2 Å². The second-order valence-electron chi connectivity index (χ2n) is 8.86. The van der Waals surface area contributed by atoms with Gasteiger partial charge in [0.05, 0.1) is 11.6 Å². The first-order chi connectivity index (χ1) is 15.3. The van der Waals surface area contributed by atoms with E-state index in [-0.39, 0.29) is 23.7 Å². The molecular formula is C24H27N5O2S. The molecule has 1 saturated heterocycles.